The van der Waals surface area contributed by atoms with Crippen LogP contribution >= 0.6 is 0 Å². The van der Waals surface area contributed by atoms with Crippen LogP contribution in [0.5, 0.6) is 0 Å². The molecule has 5 heteroatoms. The first-order chi connectivity index (χ1) is 23.5. The van der Waals surface area contributed by atoms with Crippen molar-refractivity contribution < 1.29 is 24.5 Å². The van der Waals surface area contributed by atoms with E-state index in [1.165, 1.54) is 44.5 Å². The molecule has 7 aromatic rings. The summed E-state index contributed by atoms with van der Waals surface area (Å²) in [6.07, 6.45) is 6.06. The Morgan fingerprint density at radius 2 is 1.38 bits per heavy atom. The smallest absolute Gasteiger partial charge is 0.216 e. The SMILES string of the molecule is CCC(C)(CC)c1cc(-c2[c-]ccc3c2oc2nc(-c4c(C)cccc4C)ccc23)ncc1C.Cc1c[c-]c(-c2cc(C)c(C)cn2)cc1.[Ir]. The third kappa shape index (κ3) is 7.22. The van der Waals surface area contributed by atoms with Crippen molar-refractivity contribution in [1.82, 2.24) is 15.0 Å². The van der Waals surface area contributed by atoms with Crippen molar-refractivity contribution in [1.29, 1.82) is 0 Å². The Morgan fingerprint density at radius 3 is 2.04 bits per heavy atom. The summed E-state index contributed by atoms with van der Waals surface area (Å²) in [6.45, 7) is 19.5. The average molecular weight is 836 g/mol. The van der Waals surface area contributed by atoms with E-state index < -0.39 is 0 Å². The molecule has 0 amide bonds. The third-order valence-electron chi connectivity index (χ3n) is 10.2. The second kappa shape index (κ2) is 15.2. The van der Waals surface area contributed by atoms with E-state index in [1.54, 1.807) is 0 Å². The van der Waals surface area contributed by atoms with Crippen LogP contribution in [0, 0.1) is 53.7 Å². The van der Waals surface area contributed by atoms with Crippen LogP contribution in [0.2, 0.25) is 0 Å². The Balaban J connectivity index is 0.000000255. The maximum Gasteiger partial charge on any atom is 0.216 e. The summed E-state index contributed by atoms with van der Waals surface area (Å²) in [4.78, 5) is 14.1. The van der Waals surface area contributed by atoms with Gasteiger partial charge in [0.25, 0.3) is 0 Å². The minimum Gasteiger partial charge on any atom is -0.486 e. The van der Waals surface area contributed by atoms with E-state index >= 15 is 0 Å². The number of aromatic nitrogens is 3. The zero-order valence-electron chi connectivity index (χ0n) is 30.6. The Hall–Kier alpha value is -4.44. The van der Waals surface area contributed by atoms with Crippen LogP contribution in [0.1, 0.15) is 72.6 Å². The number of hydrogen-bond donors (Lipinski definition) is 0. The number of rotatable bonds is 6. The van der Waals surface area contributed by atoms with E-state index in [0.717, 1.165) is 57.4 Å². The standard InChI is InChI=1S/C31H31N2O.C14H14N.Ir/c1-7-31(6,8-2)25-17-27(32-18-21(25)5)24-14-10-13-22-23-15-16-26(33-30(23)34-29(22)24)28-19(3)11-9-12-20(28)4;1-10-4-6-13(7-5-10)14-8-11(2)12(3)9-15-14;/h9-13,15-18H,7-8H2,1-6H3;4-6,8-9H,1-3H3;/q2*-1;. The molecule has 257 valence electrons. The van der Waals surface area contributed by atoms with Crippen LogP contribution in [0.15, 0.2) is 89.6 Å². The van der Waals surface area contributed by atoms with Gasteiger partial charge in [-0.15, -0.1) is 53.6 Å². The molecular weight excluding hydrogens is 791 g/mol. The van der Waals surface area contributed by atoms with Crippen molar-refractivity contribution in [2.45, 2.75) is 80.6 Å². The summed E-state index contributed by atoms with van der Waals surface area (Å²) in [7, 11) is 0. The Labute approximate surface area is 310 Å². The first-order valence-electron chi connectivity index (χ1n) is 17.2. The van der Waals surface area contributed by atoms with Gasteiger partial charge in [-0.25, -0.2) is 4.98 Å². The minimum absolute atomic E-state index is 0. The molecule has 0 unspecified atom stereocenters. The van der Waals surface area contributed by atoms with Gasteiger partial charge in [0, 0.05) is 43.4 Å². The number of aryl methyl sites for hydroxylation is 6. The van der Waals surface area contributed by atoms with Crippen molar-refractivity contribution in [2.75, 3.05) is 0 Å². The average Bonchev–Trinajstić information content (AvgIpc) is 3.48. The van der Waals surface area contributed by atoms with Crippen LogP contribution < -0.4 is 0 Å². The quantitative estimate of drug-likeness (QED) is 0.157. The maximum absolute atomic E-state index is 6.41. The zero-order chi connectivity index (χ0) is 34.9. The molecule has 0 bridgehead atoms. The van der Waals surface area contributed by atoms with Gasteiger partial charge in [-0.05, 0) is 104 Å². The van der Waals surface area contributed by atoms with Crippen molar-refractivity contribution in [3.8, 4) is 33.8 Å². The Bertz CT molecular complexity index is 2260. The van der Waals surface area contributed by atoms with Crippen LogP contribution in [-0.2, 0) is 25.5 Å². The van der Waals surface area contributed by atoms with Gasteiger partial charge in [-0.1, -0.05) is 74.5 Å². The first kappa shape index (κ1) is 36.8. The van der Waals surface area contributed by atoms with Crippen molar-refractivity contribution >= 4 is 22.1 Å². The van der Waals surface area contributed by atoms with E-state index in [9.17, 15) is 0 Å². The second-order valence-electron chi connectivity index (χ2n) is 13.6. The fourth-order valence-corrected chi connectivity index (χ4v) is 6.55. The van der Waals surface area contributed by atoms with Gasteiger partial charge in [0.05, 0.1) is 11.3 Å². The molecule has 0 atom stereocenters. The molecule has 0 saturated heterocycles. The van der Waals surface area contributed by atoms with Crippen molar-refractivity contribution in [2.24, 2.45) is 0 Å². The molecule has 4 aromatic heterocycles. The molecule has 0 aliphatic rings. The van der Waals surface area contributed by atoms with Gasteiger partial charge in [0.15, 0.2) is 0 Å². The van der Waals surface area contributed by atoms with E-state index in [1.807, 2.05) is 24.5 Å². The van der Waals surface area contributed by atoms with Crippen molar-refractivity contribution in [3.63, 3.8) is 0 Å². The summed E-state index contributed by atoms with van der Waals surface area (Å²) in [5.41, 5.74) is 16.2. The molecule has 3 aromatic carbocycles. The number of nitrogens with zero attached hydrogens (tertiary/aromatic N) is 3. The maximum atomic E-state index is 6.41. The number of furan rings is 1. The summed E-state index contributed by atoms with van der Waals surface area (Å²) in [5.74, 6) is 0. The molecule has 0 fully saturated rings. The normalized spacial score (nSPS) is 11.3. The fraction of sp³-hybridized carbons (Fsp3) is 0.267. The molecule has 4 nitrogen and oxygen atoms in total. The van der Waals surface area contributed by atoms with Gasteiger partial charge < -0.3 is 14.4 Å². The van der Waals surface area contributed by atoms with Gasteiger partial charge in [0.2, 0.25) is 5.71 Å². The van der Waals surface area contributed by atoms with Gasteiger partial charge in [0.1, 0.15) is 0 Å². The number of benzene rings is 3. The van der Waals surface area contributed by atoms with Crippen LogP contribution in [0.4, 0.5) is 0 Å². The molecule has 50 heavy (non-hydrogen) atoms. The predicted molar refractivity (Wildman–Crippen MR) is 204 cm³/mol. The van der Waals surface area contributed by atoms with E-state index in [-0.39, 0.29) is 25.5 Å². The van der Waals surface area contributed by atoms with Crippen LogP contribution in [-0.4, -0.2) is 15.0 Å². The number of hydrogen-bond acceptors (Lipinski definition) is 4. The number of pyridine rings is 3. The van der Waals surface area contributed by atoms with Gasteiger partial charge >= 0.3 is 0 Å². The molecule has 0 saturated carbocycles. The van der Waals surface area contributed by atoms with E-state index in [0.29, 0.717) is 5.71 Å². The molecule has 7 rings (SSSR count). The first-order valence-corrected chi connectivity index (χ1v) is 17.2. The molecule has 0 N–H and O–H groups in total. The van der Waals surface area contributed by atoms with Crippen LogP contribution in [0.3, 0.4) is 0 Å². The molecule has 0 spiro atoms. The summed E-state index contributed by atoms with van der Waals surface area (Å²) in [6, 6.07) is 31.7. The summed E-state index contributed by atoms with van der Waals surface area (Å²) >= 11 is 0. The van der Waals surface area contributed by atoms with Crippen molar-refractivity contribution in [3.05, 3.63) is 136 Å². The van der Waals surface area contributed by atoms with Crippen LogP contribution in [0.25, 0.3) is 55.8 Å². The zero-order valence-corrected chi connectivity index (χ0v) is 33.0. The predicted octanol–water partition coefficient (Wildman–Crippen LogP) is 12.0. The topological polar surface area (TPSA) is 51.8 Å². The van der Waals surface area contributed by atoms with E-state index in [2.05, 4.69) is 140 Å². The largest absolute Gasteiger partial charge is 0.486 e. The fourth-order valence-electron chi connectivity index (χ4n) is 6.55. The minimum atomic E-state index is 0. The molecule has 4 heterocycles. The monoisotopic (exact) mass is 836 g/mol. The van der Waals surface area contributed by atoms with E-state index in [4.69, 9.17) is 14.4 Å². The molecule has 1 radical (unpaired) electrons. The molecular formula is C45H45IrN3O-2. The second-order valence-corrected chi connectivity index (χ2v) is 13.6. The van der Waals surface area contributed by atoms with Gasteiger partial charge in [-0.3, -0.25) is 0 Å². The molecule has 0 aliphatic carbocycles. The Morgan fingerprint density at radius 1 is 0.680 bits per heavy atom. The van der Waals surface area contributed by atoms with Gasteiger partial charge in [-0.2, -0.15) is 0 Å². The third-order valence-corrected chi connectivity index (χ3v) is 10.2. The summed E-state index contributed by atoms with van der Waals surface area (Å²) in [5, 5.41) is 2.06. The Kier molecular flexibility index (Phi) is 11.2. The molecule has 0 aliphatic heterocycles. The number of fused-ring (bicyclic) bond motifs is 3. The summed E-state index contributed by atoms with van der Waals surface area (Å²) < 4.78 is 6.41.